The quantitative estimate of drug-likeness (QED) is 0.282. The van der Waals surface area contributed by atoms with Gasteiger partial charge in [-0.15, -0.1) is 0 Å². The van der Waals surface area contributed by atoms with Gasteiger partial charge in [0.2, 0.25) is 11.8 Å². The van der Waals surface area contributed by atoms with Gasteiger partial charge in [0.15, 0.2) is 0 Å². The van der Waals surface area contributed by atoms with Crippen LogP contribution in [0.4, 0.5) is 18.9 Å². The highest BCUT2D eigenvalue weighted by Gasteiger charge is 2.37. The van der Waals surface area contributed by atoms with Crippen LogP contribution >= 0.6 is 11.6 Å². The summed E-state index contributed by atoms with van der Waals surface area (Å²) >= 11 is 5.80. The lowest BCUT2D eigenvalue weighted by Gasteiger charge is -2.32. The van der Waals surface area contributed by atoms with E-state index in [1.165, 1.54) is 36.1 Å². The molecule has 1 N–H and O–H groups in total. The minimum atomic E-state index is -4.88. The average molecular weight is 624 g/mol. The first-order valence-electron chi connectivity index (χ1n) is 13.2. The zero-order valence-corrected chi connectivity index (χ0v) is 25.2. The summed E-state index contributed by atoms with van der Waals surface area (Å²) < 4.78 is 69.4. The van der Waals surface area contributed by atoms with Crippen LogP contribution < -0.4 is 9.62 Å². The fourth-order valence-electron chi connectivity index (χ4n) is 4.18. The number of hydrogen-bond donors (Lipinski definition) is 1. The van der Waals surface area contributed by atoms with Crippen LogP contribution in [-0.4, -0.2) is 44.3 Å². The Morgan fingerprint density at radius 2 is 1.62 bits per heavy atom. The summed E-state index contributed by atoms with van der Waals surface area (Å²) in [5.74, 6) is -1.10. The molecule has 0 aromatic heterocycles. The molecule has 2 amide bonds. The van der Waals surface area contributed by atoms with Gasteiger partial charge in [-0.2, -0.15) is 13.2 Å². The highest BCUT2D eigenvalue weighted by Crippen LogP contribution is 2.38. The molecular formula is C30H33ClF3N3O4S. The topological polar surface area (TPSA) is 86.8 Å². The van der Waals surface area contributed by atoms with Crippen molar-refractivity contribution in [1.82, 2.24) is 10.2 Å². The van der Waals surface area contributed by atoms with Crippen LogP contribution in [0.15, 0.2) is 77.7 Å². The number of benzene rings is 3. The first-order chi connectivity index (χ1) is 19.6. The fourth-order valence-corrected chi connectivity index (χ4v) is 5.83. The largest absolute Gasteiger partial charge is 0.417 e. The van der Waals surface area contributed by atoms with Crippen molar-refractivity contribution in [2.75, 3.05) is 17.4 Å². The Balaban J connectivity index is 2.09. The van der Waals surface area contributed by atoms with E-state index in [9.17, 15) is 31.2 Å². The van der Waals surface area contributed by atoms with Gasteiger partial charge in [-0.3, -0.25) is 13.9 Å². The number of sulfonamides is 1. The van der Waals surface area contributed by atoms with Gasteiger partial charge in [-0.1, -0.05) is 73.5 Å². The van der Waals surface area contributed by atoms with Crippen molar-refractivity contribution in [2.24, 2.45) is 5.92 Å². The van der Waals surface area contributed by atoms with Crippen LogP contribution in [-0.2, 0) is 32.3 Å². The second-order valence-electron chi connectivity index (χ2n) is 10.3. The molecule has 42 heavy (non-hydrogen) atoms. The number of carbonyl (C=O) groups is 2. The number of anilines is 1. The third-order valence-corrected chi connectivity index (χ3v) is 8.56. The summed E-state index contributed by atoms with van der Waals surface area (Å²) in [4.78, 5) is 28.0. The average Bonchev–Trinajstić information content (AvgIpc) is 2.93. The van der Waals surface area contributed by atoms with Gasteiger partial charge in [0.25, 0.3) is 10.0 Å². The van der Waals surface area contributed by atoms with Gasteiger partial charge in [-0.05, 0) is 55.7 Å². The minimum Gasteiger partial charge on any atom is -0.354 e. The number of nitrogens with zero attached hydrogens (tertiary/aromatic N) is 2. The van der Waals surface area contributed by atoms with Crippen LogP contribution in [0.3, 0.4) is 0 Å². The van der Waals surface area contributed by atoms with Gasteiger partial charge in [-0.25, -0.2) is 8.42 Å². The Morgan fingerprint density at radius 3 is 2.21 bits per heavy atom. The number of carbonyl (C=O) groups excluding carboxylic acids is 2. The number of amides is 2. The molecule has 0 saturated carbocycles. The van der Waals surface area contributed by atoms with Crippen LogP contribution in [0.1, 0.15) is 37.5 Å². The maximum Gasteiger partial charge on any atom is 0.417 e. The van der Waals surface area contributed by atoms with Crippen LogP contribution in [0.5, 0.6) is 0 Å². The normalized spacial score (nSPS) is 12.6. The van der Waals surface area contributed by atoms with Crippen molar-refractivity contribution in [2.45, 2.75) is 51.4 Å². The standard InChI is InChI=1S/C30H33ClF3N3O4S/c1-20(2)17-35-29(39)22(4)36(18-23-10-8-9-21(3)15-23)28(38)19-37(42(40,41)25-11-6-5-7-12-25)24-13-14-27(31)26(16-24)30(32,33)34/h5-16,20,22H,17-19H2,1-4H3,(H,35,39)/t22-/m0/s1. The highest BCUT2D eigenvalue weighted by molar-refractivity contribution is 7.92. The molecule has 0 saturated heterocycles. The Bertz CT molecular complexity index is 1520. The molecule has 3 aromatic carbocycles. The minimum absolute atomic E-state index is 0.0373. The van der Waals surface area contributed by atoms with Crippen molar-refractivity contribution in [3.8, 4) is 0 Å². The fraction of sp³-hybridized carbons (Fsp3) is 0.333. The highest BCUT2D eigenvalue weighted by atomic mass is 35.5. The summed E-state index contributed by atoms with van der Waals surface area (Å²) in [5, 5.41) is 2.16. The lowest BCUT2D eigenvalue weighted by atomic mass is 10.1. The summed E-state index contributed by atoms with van der Waals surface area (Å²) in [6.45, 7) is 6.65. The van der Waals surface area contributed by atoms with Gasteiger partial charge >= 0.3 is 6.18 Å². The number of halogens is 4. The molecule has 226 valence electrons. The summed E-state index contributed by atoms with van der Waals surface area (Å²) in [6, 6.07) is 15.9. The van der Waals surface area contributed by atoms with E-state index in [0.717, 1.165) is 17.7 Å². The number of hydrogen-bond acceptors (Lipinski definition) is 4. The van der Waals surface area contributed by atoms with Crippen molar-refractivity contribution < 1.29 is 31.2 Å². The maximum atomic E-state index is 13.9. The maximum absolute atomic E-state index is 13.9. The third-order valence-electron chi connectivity index (χ3n) is 6.44. The predicted molar refractivity (Wildman–Crippen MR) is 156 cm³/mol. The molecule has 7 nitrogen and oxygen atoms in total. The van der Waals surface area contributed by atoms with Crippen LogP contribution in [0.2, 0.25) is 5.02 Å². The monoisotopic (exact) mass is 623 g/mol. The Kier molecular flexibility index (Phi) is 10.7. The number of nitrogens with one attached hydrogen (secondary N) is 1. The first kappa shape index (κ1) is 32.9. The van der Waals surface area contributed by atoms with E-state index < -0.39 is 56.9 Å². The molecule has 0 heterocycles. The molecule has 3 aromatic rings. The van der Waals surface area contributed by atoms with Gasteiger partial charge in [0, 0.05) is 13.1 Å². The Morgan fingerprint density at radius 1 is 0.952 bits per heavy atom. The van der Waals surface area contributed by atoms with Gasteiger partial charge in [0.1, 0.15) is 12.6 Å². The van der Waals surface area contributed by atoms with Crippen LogP contribution in [0, 0.1) is 12.8 Å². The molecule has 0 aliphatic rings. The van der Waals surface area contributed by atoms with Crippen molar-refractivity contribution in [3.05, 3.63) is 94.5 Å². The summed E-state index contributed by atoms with van der Waals surface area (Å²) in [7, 11) is -4.53. The zero-order chi connectivity index (χ0) is 31.2. The van der Waals surface area contributed by atoms with E-state index in [2.05, 4.69) is 5.32 Å². The van der Waals surface area contributed by atoms with Crippen molar-refractivity contribution in [3.63, 3.8) is 0 Å². The predicted octanol–water partition coefficient (Wildman–Crippen LogP) is 6.05. The Labute approximate surface area is 249 Å². The van der Waals surface area contributed by atoms with Gasteiger partial charge < -0.3 is 10.2 Å². The molecule has 0 aliphatic heterocycles. The lowest BCUT2D eigenvalue weighted by molar-refractivity contribution is -0.139. The third kappa shape index (κ3) is 8.25. The Hall–Kier alpha value is -3.57. The first-order valence-corrected chi connectivity index (χ1v) is 15.0. The molecule has 12 heteroatoms. The van der Waals surface area contributed by atoms with E-state index in [0.29, 0.717) is 22.5 Å². The molecule has 0 radical (unpaired) electrons. The molecule has 0 aliphatic carbocycles. The van der Waals surface area contributed by atoms with E-state index in [1.54, 1.807) is 18.2 Å². The molecule has 0 spiro atoms. The summed E-state index contributed by atoms with van der Waals surface area (Å²) in [5.41, 5.74) is -0.0575. The van der Waals surface area contributed by atoms with Crippen molar-refractivity contribution in [1.29, 1.82) is 0 Å². The molecule has 0 bridgehead atoms. The van der Waals surface area contributed by atoms with Crippen molar-refractivity contribution >= 4 is 39.1 Å². The molecular weight excluding hydrogens is 591 g/mol. The van der Waals surface area contributed by atoms with E-state index >= 15 is 0 Å². The second-order valence-corrected chi connectivity index (χ2v) is 12.6. The zero-order valence-electron chi connectivity index (χ0n) is 23.7. The van der Waals surface area contributed by atoms with E-state index in [-0.39, 0.29) is 17.4 Å². The second kappa shape index (κ2) is 13.6. The number of aryl methyl sites for hydroxylation is 1. The summed E-state index contributed by atoms with van der Waals surface area (Å²) in [6.07, 6.45) is -4.88. The van der Waals surface area contributed by atoms with E-state index in [1.807, 2.05) is 32.9 Å². The lowest BCUT2D eigenvalue weighted by Crippen LogP contribution is -2.51. The SMILES string of the molecule is Cc1cccc(CN(C(=O)CN(c2ccc(Cl)c(C(F)(F)F)c2)S(=O)(=O)c2ccccc2)[C@@H](C)C(=O)NCC(C)C)c1. The van der Waals surface area contributed by atoms with E-state index in [4.69, 9.17) is 11.6 Å². The molecule has 0 fully saturated rings. The molecule has 1 atom stereocenters. The van der Waals surface area contributed by atoms with Crippen LogP contribution in [0.25, 0.3) is 0 Å². The number of alkyl halides is 3. The smallest absolute Gasteiger partial charge is 0.354 e. The number of rotatable bonds is 11. The van der Waals surface area contributed by atoms with Gasteiger partial charge in [0.05, 0.1) is 21.2 Å². The molecule has 3 rings (SSSR count). The molecule has 0 unspecified atom stereocenters.